The average molecular weight is 739 g/mol. The summed E-state index contributed by atoms with van der Waals surface area (Å²) < 4.78 is 2.45. The Kier molecular flexibility index (Phi) is 8.19. The van der Waals surface area contributed by atoms with Crippen LogP contribution in [0.3, 0.4) is 0 Å². The van der Waals surface area contributed by atoms with E-state index in [4.69, 9.17) is 0 Å². The molecule has 2 nitrogen and oxygen atoms in total. The highest BCUT2D eigenvalue weighted by atomic mass is 15.1. The fraction of sp³-hybridized carbons (Fsp3) is 0. The summed E-state index contributed by atoms with van der Waals surface area (Å²) in [6, 6.07) is 83.8. The van der Waals surface area contributed by atoms with E-state index in [1.807, 2.05) is 0 Å². The van der Waals surface area contributed by atoms with E-state index in [0.717, 1.165) is 28.3 Å². The number of nitrogens with zero attached hydrogens (tertiary/aromatic N) is 2. The van der Waals surface area contributed by atoms with Crippen molar-refractivity contribution >= 4 is 60.4 Å². The average Bonchev–Trinajstić information content (AvgIpc) is 3.62. The molecule has 0 saturated heterocycles. The van der Waals surface area contributed by atoms with Gasteiger partial charge < -0.3 is 9.47 Å². The van der Waals surface area contributed by atoms with Gasteiger partial charge in [-0.15, -0.1) is 0 Å². The van der Waals surface area contributed by atoms with Crippen molar-refractivity contribution in [1.29, 1.82) is 0 Å². The van der Waals surface area contributed by atoms with Gasteiger partial charge in [0, 0.05) is 33.5 Å². The topological polar surface area (TPSA) is 8.17 Å². The summed E-state index contributed by atoms with van der Waals surface area (Å²) >= 11 is 0. The predicted molar refractivity (Wildman–Crippen MR) is 247 cm³/mol. The molecule has 1 aromatic heterocycles. The summed E-state index contributed by atoms with van der Waals surface area (Å²) in [6.45, 7) is 0. The molecule has 0 spiro atoms. The van der Waals surface area contributed by atoms with Crippen molar-refractivity contribution < 1.29 is 0 Å². The number of benzene rings is 10. The molecule has 272 valence electrons. The van der Waals surface area contributed by atoms with Gasteiger partial charge in [0.1, 0.15) is 0 Å². The second-order valence-corrected chi connectivity index (χ2v) is 15.0. The van der Waals surface area contributed by atoms with Crippen molar-refractivity contribution in [2.75, 3.05) is 4.90 Å². The van der Waals surface area contributed by atoms with Gasteiger partial charge in [0.15, 0.2) is 0 Å². The molecule has 1 heterocycles. The molecule has 11 aromatic rings. The minimum atomic E-state index is 1.10. The number of fused-ring (bicyclic) bond motifs is 5. The van der Waals surface area contributed by atoms with Crippen LogP contribution >= 0.6 is 0 Å². The highest BCUT2D eigenvalue weighted by Crippen LogP contribution is 2.41. The van der Waals surface area contributed by atoms with Crippen LogP contribution in [0.25, 0.3) is 82.4 Å². The molecule has 0 saturated carbocycles. The van der Waals surface area contributed by atoms with E-state index in [9.17, 15) is 0 Å². The maximum atomic E-state index is 2.45. The summed E-state index contributed by atoms with van der Waals surface area (Å²) in [6.07, 6.45) is 0. The van der Waals surface area contributed by atoms with E-state index in [2.05, 4.69) is 240 Å². The molecule has 0 aliphatic carbocycles. The predicted octanol–water partition coefficient (Wildman–Crippen LogP) is 15.6. The summed E-state index contributed by atoms with van der Waals surface area (Å²) in [4.78, 5) is 2.36. The van der Waals surface area contributed by atoms with Crippen LogP contribution in [0, 0.1) is 0 Å². The van der Waals surface area contributed by atoms with E-state index >= 15 is 0 Å². The Bertz CT molecular complexity index is 3250. The van der Waals surface area contributed by atoms with E-state index in [1.165, 1.54) is 71.2 Å². The number of anilines is 3. The first-order chi connectivity index (χ1) is 28.7. The summed E-state index contributed by atoms with van der Waals surface area (Å²) in [5.41, 5.74) is 14.0. The molecule has 0 amide bonds. The lowest BCUT2D eigenvalue weighted by atomic mass is 9.98. The van der Waals surface area contributed by atoms with Gasteiger partial charge in [0.25, 0.3) is 0 Å². The monoisotopic (exact) mass is 738 g/mol. The van der Waals surface area contributed by atoms with Gasteiger partial charge in [-0.3, -0.25) is 0 Å². The van der Waals surface area contributed by atoms with Crippen LogP contribution in [0.1, 0.15) is 0 Å². The molecule has 0 N–H and O–H groups in total. The second-order valence-electron chi connectivity index (χ2n) is 15.0. The lowest BCUT2D eigenvalue weighted by molar-refractivity contribution is 1.18. The normalized spacial score (nSPS) is 11.4. The fourth-order valence-corrected chi connectivity index (χ4v) is 8.60. The smallest absolute Gasteiger partial charge is 0.0561 e. The minimum Gasteiger partial charge on any atom is -0.310 e. The van der Waals surface area contributed by atoms with E-state index in [-0.39, 0.29) is 0 Å². The molecule has 0 bridgehead atoms. The van der Waals surface area contributed by atoms with Crippen molar-refractivity contribution in [3.63, 3.8) is 0 Å². The Morgan fingerprint density at radius 1 is 0.259 bits per heavy atom. The zero-order valence-corrected chi connectivity index (χ0v) is 31.8. The maximum Gasteiger partial charge on any atom is 0.0561 e. The van der Waals surface area contributed by atoms with Crippen LogP contribution in [0.4, 0.5) is 17.1 Å². The molecule has 0 atom stereocenters. The van der Waals surface area contributed by atoms with Crippen molar-refractivity contribution in [1.82, 2.24) is 4.57 Å². The molecule has 58 heavy (non-hydrogen) atoms. The van der Waals surface area contributed by atoms with Crippen LogP contribution in [0.5, 0.6) is 0 Å². The van der Waals surface area contributed by atoms with Crippen LogP contribution in [-0.2, 0) is 0 Å². The molecule has 2 heteroatoms. The van der Waals surface area contributed by atoms with Crippen LogP contribution in [0.15, 0.2) is 231 Å². The van der Waals surface area contributed by atoms with Crippen molar-refractivity contribution in [2.45, 2.75) is 0 Å². The van der Waals surface area contributed by atoms with Gasteiger partial charge in [0.05, 0.1) is 11.0 Å². The third-order valence-electron chi connectivity index (χ3n) is 11.5. The Labute approximate surface area is 338 Å². The SMILES string of the molecule is c1ccc(-c2ccc(N(c3ccccc3)c3ccc4c5ccc(-c6ccc(-c7ccc8ccccc8c7)cc6)cc5n(-c5ccc6ccccc6c5)c4c3)cc2)cc1. The Hall–Kier alpha value is -7.68. The Morgan fingerprint density at radius 2 is 0.690 bits per heavy atom. The molecule has 0 radical (unpaired) electrons. The van der Waals surface area contributed by atoms with Gasteiger partial charge in [-0.1, -0.05) is 170 Å². The van der Waals surface area contributed by atoms with Crippen molar-refractivity contribution in [3.8, 4) is 39.1 Å². The Balaban J connectivity index is 1.06. The van der Waals surface area contributed by atoms with Crippen molar-refractivity contribution in [2.24, 2.45) is 0 Å². The third-order valence-corrected chi connectivity index (χ3v) is 11.5. The number of para-hydroxylation sites is 1. The van der Waals surface area contributed by atoms with Crippen molar-refractivity contribution in [3.05, 3.63) is 231 Å². The number of rotatable bonds is 7. The lowest BCUT2D eigenvalue weighted by Crippen LogP contribution is -2.10. The molecule has 11 rings (SSSR count). The molecule has 0 aliphatic heterocycles. The van der Waals surface area contributed by atoms with E-state index < -0.39 is 0 Å². The van der Waals surface area contributed by atoms with Gasteiger partial charge >= 0.3 is 0 Å². The lowest BCUT2D eigenvalue weighted by Gasteiger charge is -2.26. The van der Waals surface area contributed by atoms with E-state index in [1.54, 1.807) is 0 Å². The fourth-order valence-electron chi connectivity index (χ4n) is 8.60. The van der Waals surface area contributed by atoms with Crippen LogP contribution in [0.2, 0.25) is 0 Å². The van der Waals surface area contributed by atoms with E-state index in [0.29, 0.717) is 0 Å². The highest BCUT2D eigenvalue weighted by molar-refractivity contribution is 6.11. The molecule has 0 unspecified atom stereocenters. The number of aromatic nitrogens is 1. The summed E-state index contributed by atoms with van der Waals surface area (Å²) in [5.74, 6) is 0. The maximum absolute atomic E-state index is 2.45. The molecule has 10 aromatic carbocycles. The standard InChI is InChI=1S/C56H38N2/c1-3-11-39(12-4-1)42-25-29-50(30-26-42)57(49-17-5-2-6-18-49)52-32-34-54-53-33-28-48(44-21-19-43(20-22-44)47-24-23-40-13-7-9-15-45(40)35-47)37-55(53)58(56(54)38-52)51-31-27-41-14-8-10-16-46(41)36-51/h1-38H. The molecular weight excluding hydrogens is 701 g/mol. The van der Waals surface area contributed by atoms with Gasteiger partial charge in [0.2, 0.25) is 0 Å². The molecular formula is C56H38N2. The number of hydrogen-bond donors (Lipinski definition) is 0. The first-order valence-corrected chi connectivity index (χ1v) is 19.9. The zero-order chi connectivity index (χ0) is 38.4. The first kappa shape index (κ1) is 33.6. The minimum absolute atomic E-state index is 1.10. The van der Waals surface area contributed by atoms with Gasteiger partial charge in [-0.2, -0.15) is 0 Å². The Morgan fingerprint density at radius 3 is 1.38 bits per heavy atom. The van der Waals surface area contributed by atoms with Gasteiger partial charge in [-0.25, -0.2) is 0 Å². The van der Waals surface area contributed by atoms with Gasteiger partial charge in [-0.05, 0) is 116 Å². The quantitative estimate of drug-likeness (QED) is 0.158. The second kappa shape index (κ2) is 14.1. The molecule has 0 aliphatic rings. The number of hydrogen-bond acceptors (Lipinski definition) is 1. The highest BCUT2D eigenvalue weighted by Gasteiger charge is 2.19. The summed E-state index contributed by atoms with van der Waals surface area (Å²) in [7, 11) is 0. The first-order valence-electron chi connectivity index (χ1n) is 19.9. The van der Waals surface area contributed by atoms with Crippen LogP contribution < -0.4 is 4.90 Å². The molecule has 0 fully saturated rings. The third kappa shape index (κ3) is 6.00. The largest absolute Gasteiger partial charge is 0.310 e. The summed E-state index contributed by atoms with van der Waals surface area (Å²) in [5, 5.41) is 7.41. The van der Waals surface area contributed by atoms with Crippen LogP contribution in [-0.4, -0.2) is 4.57 Å². The zero-order valence-electron chi connectivity index (χ0n) is 31.8.